The molecule has 1 rings (SSSR count). The molecule has 0 atom stereocenters. The Bertz CT molecular complexity index is 254. The zero-order chi connectivity index (χ0) is 10.6. The third kappa shape index (κ3) is 3.42. The topological polar surface area (TPSA) is 47.3 Å². The van der Waals surface area contributed by atoms with Gasteiger partial charge in [0.25, 0.3) is 0 Å². The van der Waals surface area contributed by atoms with E-state index in [1.54, 1.807) is 6.20 Å². The van der Waals surface area contributed by atoms with Crippen molar-refractivity contribution >= 4 is 0 Å². The summed E-state index contributed by atoms with van der Waals surface area (Å²) >= 11 is 0. The maximum atomic E-state index is 5.69. The van der Waals surface area contributed by atoms with Crippen molar-refractivity contribution in [2.75, 3.05) is 19.7 Å². The van der Waals surface area contributed by atoms with Crippen LogP contribution in [-0.2, 0) is 4.74 Å². The van der Waals surface area contributed by atoms with Crippen LogP contribution in [0.2, 0.25) is 0 Å². The molecule has 0 unspecified atom stereocenters. The second-order valence-electron chi connectivity index (χ2n) is 4.58. The summed E-state index contributed by atoms with van der Waals surface area (Å²) in [5.74, 6) is 0.967. The fourth-order valence-electron chi connectivity index (χ4n) is 1.31. The van der Waals surface area contributed by atoms with Crippen LogP contribution in [0.15, 0.2) is 23.6 Å². The number of hydrogen-bond donors (Lipinski definition) is 2. The van der Waals surface area contributed by atoms with Gasteiger partial charge in [-0.25, -0.2) is 0 Å². The first-order chi connectivity index (χ1) is 6.53. The lowest BCUT2D eigenvalue weighted by atomic mass is 9.95. The van der Waals surface area contributed by atoms with Gasteiger partial charge < -0.3 is 15.8 Å². The van der Waals surface area contributed by atoms with Crippen molar-refractivity contribution in [3.8, 4) is 0 Å². The number of nitrogens with one attached hydrogen (secondary N) is 1. The van der Waals surface area contributed by atoms with E-state index in [1.807, 2.05) is 13.0 Å². The van der Waals surface area contributed by atoms with Crippen molar-refractivity contribution in [2.24, 2.45) is 11.1 Å². The van der Waals surface area contributed by atoms with E-state index in [4.69, 9.17) is 10.5 Å². The van der Waals surface area contributed by atoms with Crippen molar-refractivity contribution in [2.45, 2.75) is 20.8 Å². The Morgan fingerprint density at radius 1 is 1.57 bits per heavy atom. The van der Waals surface area contributed by atoms with E-state index in [2.05, 4.69) is 19.2 Å². The van der Waals surface area contributed by atoms with Crippen molar-refractivity contribution in [3.05, 3.63) is 23.6 Å². The van der Waals surface area contributed by atoms with Crippen LogP contribution < -0.4 is 11.1 Å². The Hall–Kier alpha value is -0.960. The van der Waals surface area contributed by atoms with Crippen LogP contribution in [0.3, 0.4) is 0 Å². The smallest absolute Gasteiger partial charge is 0.110 e. The molecule has 0 aromatic rings. The number of nitrogens with two attached hydrogens (primary N) is 1. The highest BCUT2D eigenvalue weighted by Crippen LogP contribution is 2.19. The number of hydrogen-bond acceptors (Lipinski definition) is 3. The third-order valence-electron chi connectivity index (χ3n) is 2.20. The van der Waals surface area contributed by atoms with Gasteiger partial charge in [0.1, 0.15) is 5.76 Å². The Labute approximate surface area is 86.0 Å². The predicted molar refractivity (Wildman–Crippen MR) is 58.6 cm³/mol. The van der Waals surface area contributed by atoms with Crippen LogP contribution in [0.5, 0.6) is 0 Å². The van der Waals surface area contributed by atoms with Crippen LogP contribution >= 0.6 is 0 Å². The standard InChI is InChI=1S/C11H20N2O/c1-9(5-12)4-10-6-13-7-11(2,3)8-14-10/h4-5,13H,6-8,12H2,1-3H3/b9-5-,10-4+. The van der Waals surface area contributed by atoms with E-state index in [0.29, 0.717) is 0 Å². The molecule has 0 aromatic heterocycles. The molecular formula is C11H20N2O. The van der Waals surface area contributed by atoms with Gasteiger partial charge in [-0.2, -0.15) is 0 Å². The van der Waals surface area contributed by atoms with E-state index in [0.717, 1.165) is 31.0 Å². The first-order valence-electron chi connectivity index (χ1n) is 4.96. The summed E-state index contributed by atoms with van der Waals surface area (Å²) in [6, 6.07) is 0. The Kier molecular flexibility index (Phi) is 3.58. The Balaban J connectivity index is 2.63. The van der Waals surface area contributed by atoms with Crippen LogP contribution in [0.1, 0.15) is 20.8 Å². The van der Waals surface area contributed by atoms with Gasteiger partial charge >= 0.3 is 0 Å². The van der Waals surface area contributed by atoms with E-state index < -0.39 is 0 Å². The molecule has 80 valence electrons. The molecule has 3 heteroatoms. The molecule has 1 aliphatic rings. The van der Waals surface area contributed by atoms with Crippen molar-refractivity contribution < 1.29 is 4.74 Å². The van der Waals surface area contributed by atoms with E-state index in [1.165, 1.54) is 0 Å². The average Bonchev–Trinajstić information content (AvgIpc) is 2.28. The molecular weight excluding hydrogens is 176 g/mol. The molecule has 1 saturated heterocycles. The van der Waals surface area contributed by atoms with Crippen molar-refractivity contribution in [1.82, 2.24) is 5.32 Å². The van der Waals surface area contributed by atoms with Gasteiger partial charge in [0.15, 0.2) is 0 Å². The predicted octanol–water partition coefficient (Wildman–Crippen LogP) is 1.38. The van der Waals surface area contributed by atoms with Crippen LogP contribution in [0.25, 0.3) is 0 Å². The molecule has 0 amide bonds. The third-order valence-corrected chi connectivity index (χ3v) is 2.20. The number of rotatable bonds is 1. The summed E-state index contributed by atoms with van der Waals surface area (Å²) in [7, 11) is 0. The number of allylic oxidation sites excluding steroid dienone is 2. The summed E-state index contributed by atoms with van der Waals surface area (Å²) < 4.78 is 5.69. The monoisotopic (exact) mass is 196 g/mol. The lowest BCUT2D eigenvalue weighted by molar-refractivity contribution is 0.134. The van der Waals surface area contributed by atoms with Gasteiger partial charge in [-0.1, -0.05) is 13.8 Å². The normalized spacial score (nSPS) is 25.6. The van der Waals surface area contributed by atoms with Crippen LogP contribution in [-0.4, -0.2) is 19.7 Å². The van der Waals surface area contributed by atoms with Crippen molar-refractivity contribution in [1.29, 1.82) is 0 Å². The van der Waals surface area contributed by atoms with E-state index >= 15 is 0 Å². The molecule has 3 nitrogen and oxygen atoms in total. The summed E-state index contributed by atoms with van der Waals surface area (Å²) in [6.45, 7) is 8.86. The quantitative estimate of drug-likeness (QED) is 0.666. The first-order valence-corrected chi connectivity index (χ1v) is 4.96. The van der Waals surface area contributed by atoms with Gasteiger partial charge in [-0.3, -0.25) is 0 Å². The molecule has 1 aliphatic heterocycles. The molecule has 0 aliphatic carbocycles. The largest absolute Gasteiger partial charge is 0.496 e. The Morgan fingerprint density at radius 2 is 2.29 bits per heavy atom. The molecule has 0 aromatic carbocycles. The molecule has 0 spiro atoms. The zero-order valence-corrected chi connectivity index (χ0v) is 9.26. The van der Waals surface area contributed by atoms with Crippen molar-refractivity contribution in [3.63, 3.8) is 0 Å². The highest BCUT2D eigenvalue weighted by atomic mass is 16.5. The molecule has 0 bridgehead atoms. The lowest BCUT2D eigenvalue weighted by Gasteiger charge is -2.20. The van der Waals surface area contributed by atoms with Crippen LogP contribution in [0, 0.1) is 5.41 Å². The minimum atomic E-state index is 0.204. The maximum Gasteiger partial charge on any atom is 0.110 e. The molecule has 0 radical (unpaired) electrons. The zero-order valence-electron chi connectivity index (χ0n) is 9.26. The lowest BCUT2D eigenvalue weighted by Crippen LogP contribution is -2.29. The first kappa shape index (κ1) is 11.1. The fraction of sp³-hybridized carbons (Fsp3) is 0.636. The minimum absolute atomic E-state index is 0.204. The van der Waals surface area contributed by atoms with Gasteiger partial charge in [-0.05, 0) is 24.8 Å². The Morgan fingerprint density at radius 3 is 2.93 bits per heavy atom. The molecule has 14 heavy (non-hydrogen) atoms. The SMILES string of the molecule is CC(=C/N)/C=C1\CNCC(C)(C)CO1. The molecule has 0 saturated carbocycles. The second-order valence-corrected chi connectivity index (χ2v) is 4.58. The van der Waals surface area contributed by atoms with E-state index in [9.17, 15) is 0 Å². The molecule has 1 fully saturated rings. The van der Waals surface area contributed by atoms with Gasteiger partial charge in [0.2, 0.25) is 0 Å². The second kappa shape index (κ2) is 4.51. The summed E-state index contributed by atoms with van der Waals surface area (Å²) in [4.78, 5) is 0. The van der Waals surface area contributed by atoms with E-state index in [-0.39, 0.29) is 5.41 Å². The minimum Gasteiger partial charge on any atom is -0.496 e. The average molecular weight is 196 g/mol. The van der Waals surface area contributed by atoms with Gasteiger partial charge in [0, 0.05) is 12.0 Å². The number of ether oxygens (including phenoxy) is 1. The molecule has 1 heterocycles. The highest BCUT2D eigenvalue weighted by molar-refractivity contribution is 5.18. The highest BCUT2D eigenvalue weighted by Gasteiger charge is 2.22. The van der Waals surface area contributed by atoms with Gasteiger partial charge in [0.05, 0.1) is 13.2 Å². The summed E-state index contributed by atoms with van der Waals surface area (Å²) in [5, 5.41) is 3.36. The fourth-order valence-corrected chi connectivity index (χ4v) is 1.31. The molecule has 3 N–H and O–H groups in total. The summed E-state index contributed by atoms with van der Waals surface area (Å²) in [6.07, 6.45) is 3.57. The summed E-state index contributed by atoms with van der Waals surface area (Å²) in [5.41, 5.74) is 6.63. The maximum absolute atomic E-state index is 5.69. The van der Waals surface area contributed by atoms with Gasteiger partial charge in [-0.15, -0.1) is 0 Å². The van der Waals surface area contributed by atoms with Crippen LogP contribution in [0.4, 0.5) is 0 Å².